The largest absolute Gasteiger partial charge is 0.494 e. The molecule has 0 fully saturated rings. The topological polar surface area (TPSA) is 78.9 Å². The molecule has 40 heavy (non-hydrogen) atoms. The number of hydrogen-bond donors (Lipinski definition) is 0. The van der Waals surface area contributed by atoms with Crippen LogP contribution in [-0.2, 0) is 14.3 Å². The molecular weight excluding hydrogens is 524 g/mol. The maximum Gasteiger partial charge on any atom is 0.338 e. The quantitative estimate of drug-likeness (QED) is 0.0656. The van der Waals surface area contributed by atoms with Crippen molar-refractivity contribution in [2.24, 2.45) is 0 Å². The van der Waals surface area contributed by atoms with E-state index in [0.717, 1.165) is 47.5 Å². The molecule has 0 unspecified atom stereocenters. The highest BCUT2D eigenvalue weighted by molar-refractivity contribution is 8.14. The van der Waals surface area contributed by atoms with Crippen molar-refractivity contribution in [1.82, 2.24) is 0 Å². The zero-order chi connectivity index (χ0) is 28.9. The third-order valence-electron chi connectivity index (χ3n) is 5.79. The molecule has 3 aromatic rings. The molecule has 3 rings (SSSR count). The Morgan fingerprint density at radius 3 is 1.75 bits per heavy atom. The SMILES string of the molecule is C=C(C)C(=O)OCCCCCCOc1ccc(SC(=O)c2ccc(-c3ccc(OC(=O)C(=C)C)cc3)cc2)cc1. The maximum atomic E-state index is 12.8. The van der Waals surface area contributed by atoms with Gasteiger partial charge in [-0.25, -0.2) is 9.59 Å². The van der Waals surface area contributed by atoms with E-state index >= 15 is 0 Å². The standard InChI is InChI=1S/C33H34O6S/c1-23(2)31(34)38-22-8-6-5-7-21-37-28-17-19-30(20-18-28)40-33(36)27-11-9-25(10-12-27)26-13-15-29(16-14-26)39-32(35)24(3)4/h9-20H,1,3,5-8,21-22H2,2,4H3. The second-order valence-electron chi connectivity index (χ2n) is 9.31. The van der Waals surface area contributed by atoms with Gasteiger partial charge in [0, 0.05) is 21.6 Å². The van der Waals surface area contributed by atoms with E-state index in [-0.39, 0.29) is 11.1 Å². The summed E-state index contributed by atoms with van der Waals surface area (Å²) in [6.45, 7) is 11.4. The number of hydrogen-bond acceptors (Lipinski definition) is 7. The molecule has 208 valence electrons. The minimum Gasteiger partial charge on any atom is -0.494 e. The maximum absolute atomic E-state index is 12.8. The minimum absolute atomic E-state index is 0.0452. The first-order valence-corrected chi connectivity index (χ1v) is 13.9. The average molecular weight is 559 g/mol. The van der Waals surface area contributed by atoms with Crippen molar-refractivity contribution in [3.05, 3.63) is 103 Å². The third-order valence-corrected chi connectivity index (χ3v) is 6.72. The summed E-state index contributed by atoms with van der Waals surface area (Å²) < 4.78 is 16.1. The fourth-order valence-electron chi connectivity index (χ4n) is 3.51. The van der Waals surface area contributed by atoms with Crippen LogP contribution in [0.4, 0.5) is 0 Å². The van der Waals surface area contributed by atoms with Gasteiger partial charge in [0.25, 0.3) is 0 Å². The Bertz CT molecular complexity index is 1320. The fraction of sp³-hybridized carbons (Fsp3) is 0.242. The molecule has 0 aliphatic heterocycles. The van der Waals surface area contributed by atoms with Crippen molar-refractivity contribution < 1.29 is 28.6 Å². The number of esters is 2. The predicted octanol–water partition coefficient (Wildman–Crippen LogP) is 7.83. The van der Waals surface area contributed by atoms with Gasteiger partial charge in [-0.15, -0.1) is 0 Å². The van der Waals surface area contributed by atoms with E-state index in [1.807, 2.05) is 60.7 Å². The van der Waals surface area contributed by atoms with Gasteiger partial charge >= 0.3 is 11.9 Å². The molecule has 6 nitrogen and oxygen atoms in total. The van der Waals surface area contributed by atoms with Crippen LogP contribution in [0, 0.1) is 0 Å². The Labute approximate surface area is 240 Å². The number of benzene rings is 3. The summed E-state index contributed by atoms with van der Waals surface area (Å²) in [6.07, 6.45) is 3.68. The number of unbranched alkanes of at least 4 members (excludes halogenated alkanes) is 3. The van der Waals surface area contributed by atoms with Crippen LogP contribution in [0.5, 0.6) is 11.5 Å². The first-order valence-electron chi connectivity index (χ1n) is 13.1. The number of carbonyl (C=O) groups is 3. The van der Waals surface area contributed by atoms with Gasteiger partial charge in [0.05, 0.1) is 13.2 Å². The van der Waals surface area contributed by atoms with Gasteiger partial charge in [-0.3, -0.25) is 4.79 Å². The molecule has 7 heteroatoms. The highest BCUT2D eigenvalue weighted by atomic mass is 32.2. The van der Waals surface area contributed by atoms with Crippen LogP contribution < -0.4 is 9.47 Å². The third kappa shape index (κ3) is 9.89. The zero-order valence-electron chi connectivity index (χ0n) is 22.9. The Kier molecular flexibility index (Phi) is 11.8. The summed E-state index contributed by atoms with van der Waals surface area (Å²) >= 11 is 1.17. The molecule has 0 amide bonds. The lowest BCUT2D eigenvalue weighted by Gasteiger charge is -2.08. The first-order chi connectivity index (χ1) is 19.2. The van der Waals surface area contributed by atoms with Crippen molar-refractivity contribution in [2.45, 2.75) is 44.4 Å². The molecule has 0 bridgehead atoms. The Morgan fingerprint density at radius 1 is 0.650 bits per heavy atom. The highest BCUT2D eigenvalue weighted by Gasteiger charge is 2.10. The van der Waals surface area contributed by atoms with Crippen LogP contribution >= 0.6 is 11.8 Å². The monoisotopic (exact) mass is 558 g/mol. The molecule has 0 radical (unpaired) electrons. The van der Waals surface area contributed by atoms with Crippen LogP contribution in [0.15, 0.2) is 102 Å². The highest BCUT2D eigenvalue weighted by Crippen LogP contribution is 2.28. The second kappa shape index (κ2) is 15.5. The van der Waals surface area contributed by atoms with Gasteiger partial charge in [-0.2, -0.15) is 0 Å². The number of thioether (sulfide) groups is 1. The van der Waals surface area contributed by atoms with Crippen molar-refractivity contribution >= 4 is 28.8 Å². The van der Waals surface area contributed by atoms with Crippen molar-refractivity contribution in [1.29, 1.82) is 0 Å². The normalized spacial score (nSPS) is 10.4. The van der Waals surface area contributed by atoms with Gasteiger partial charge in [0.1, 0.15) is 11.5 Å². The summed E-state index contributed by atoms with van der Waals surface area (Å²) in [5.41, 5.74) is 3.26. The number of rotatable bonds is 14. The van der Waals surface area contributed by atoms with E-state index in [1.54, 1.807) is 26.0 Å². The molecular formula is C33H34O6S. The molecule has 0 aliphatic carbocycles. The fourth-order valence-corrected chi connectivity index (χ4v) is 4.25. The van der Waals surface area contributed by atoms with Crippen molar-refractivity contribution in [3.63, 3.8) is 0 Å². The lowest BCUT2D eigenvalue weighted by molar-refractivity contribution is -0.139. The molecule has 0 aliphatic rings. The molecule has 0 saturated heterocycles. The van der Waals surface area contributed by atoms with Gasteiger partial charge < -0.3 is 14.2 Å². The Morgan fingerprint density at radius 2 is 1.18 bits per heavy atom. The predicted molar refractivity (Wildman–Crippen MR) is 159 cm³/mol. The zero-order valence-corrected chi connectivity index (χ0v) is 23.8. The van der Waals surface area contributed by atoms with E-state index in [2.05, 4.69) is 13.2 Å². The van der Waals surface area contributed by atoms with Crippen molar-refractivity contribution in [3.8, 4) is 22.6 Å². The average Bonchev–Trinajstić information content (AvgIpc) is 2.95. The van der Waals surface area contributed by atoms with Crippen LogP contribution in [0.25, 0.3) is 11.1 Å². The Hall–Kier alpha value is -4.10. The molecule has 0 spiro atoms. The van der Waals surface area contributed by atoms with E-state index in [0.29, 0.717) is 35.7 Å². The van der Waals surface area contributed by atoms with Crippen LogP contribution in [0.3, 0.4) is 0 Å². The summed E-state index contributed by atoms with van der Waals surface area (Å²) in [4.78, 5) is 36.6. The Balaban J connectivity index is 1.40. The van der Waals surface area contributed by atoms with Crippen LogP contribution in [-0.4, -0.2) is 30.3 Å². The number of ether oxygens (including phenoxy) is 3. The minimum atomic E-state index is -0.459. The van der Waals surface area contributed by atoms with Gasteiger partial charge in [-0.05, 0) is 111 Å². The lowest BCUT2D eigenvalue weighted by atomic mass is 10.0. The smallest absolute Gasteiger partial charge is 0.338 e. The van der Waals surface area contributed by atoms with E-state index in [9.17, 15) is 14.4 Å². The molecule has 0 aromatic heterocycles. The molecule has 0 N–H and O–H groups in total. The molecule has 0 atom stereocenters. The summed E-state index contributed by atoms with van der Waals surface area (Å²) in [6, 6.07) is 22.1. The van der Waals surface area contributed by atoms with E-state index in [1.165, 1.54) is 11.8 Å². The lowest BCUT2D eigenvalue weighted by Crippen LogP contribution is -2.07. The second-order valence-corrected chi connectivity index (χ2v) is 10.4. The number of carbonyl (C=O) groups excluding carboxylic acids is 3. The van der Waals surface area contributed by atoms with Crippen molar-refractivity contribution in [2.75, 3.05) is 13.2 Å². The van der Waals surface area contributed by atoms with Gasteiger partial charge in [-0.1, -0.05) is 37.4 Å². The van der Waals surface area contributed by atoms with E-state index < -0.39 is 5.97 Å². The first kappa shape index (κ1) is 30.4. The van der Waals surface area contributed by atoms with Gasteiger partial charge in [0.15, 0.2) is 0 Å². The van der Waals surface area contributed by atoms with Crippen LogP contribution in [0.2, 0.25) is 0 Å². The van der Waals surface area contributed by atoms with Crippen LogP contribution in [0.1, 0.15) is 49.9 Å². The summed E-state index contributed by atoms with van der Waals surface area (Å²) in [5.74, 6) is 0.414. The van der Waals surface area contributed by atoms with Gasteiger partial charge in [0.2, 0.25) is 5.12 Å². The summed E-state index contributed by atoms with van der Waals surface area (Å²) in [5, 5.41) is -0.0452. The molecule has 0 saturated carbocycles. The molecule has 0 heterocycles. The molecule has 3 aromatic carbocycles. The van der Waals surface area contributed by atoms with E-state index in [4.69, 9.17) is 14.2 Å². The summed E-state index contributed by atoms with van der Waals surface area (Å²) in [7, 11) is 0.